The lowest BCUT2D eigenvalue weighted by Gasteiger charge is -2.05. The molecule has 0 atom stereocenters. The van der Waals surface area contributed by atoms with Gasteiger partial charge in [0.15, 0.2) is 5.78 Å². The first-order chi connectivity index (χ1) is 11.6. The maximum Gasteiger partial charge on any atom is 0.195 e. The number of rotatable bonds is 6. The van der Waals surface area contributed by atoms with Gasteiger partial charge in [0.1, 0.15) is 23.9 Å². The van der Waals surface area contributed by atoms with Crippen LogP contribution in [0.3, 0.4) is 0 Å². The van der Waals surface area contributed by atoms with E-state index in [4.69, 9.17) is 20.8 Å². The van der Waals surface area contributed by atoms with Gasteiger partial charge in [-0.2, -0.15) is 0 Å². The zero-order valence-electron chi connectivity index (χ0n) is 13.0. The van der Waals surface area contributed by atoms with E-state index in [1.807, 2.05) is 37.3 Å². The molecule has 2 aromatic heterocycles. The third-order valence-electron chi connectivity index (χ3n) is 3.27. The van der Waals surface area contributed by atoms with Crippen molar-refractivity contribution >= 4 is 34.8 Å². The van der Waals surface area contributed by atoms with Gasteiger partial charge in [0.05, 0.1) is 9.90 Å². The van der Waals surface area contributed by atoms with Gasteiger partial charge in [-0.1, -0.05) is 23.7 Å². The summed E-state index contributed by atoms with van der Waals surface area (Å²) in [5.41, 5.74) is 0. The molecule has 0 radical (unpaired) electrons. The van der Waals surface area contributed by atoms with E-state index < -0.39 is 0 Å². The SMILES string of the molecule is Cc1ccc(C(=O)/C=C/c2ccc(COc3ccccc3Cl)o2)s1. The van der Waals surface area contributed by atoms with Crippen molar-refractivity contribution < 1.29 is 13.9 Å². The maximum atomic E-state index is 12.0. The van der Waals surface area contributed by atoms with Crippen molar-refractivity contribution in [2.75, 3.05) is 0 Å². The Labute approximate surface area is 149 Å². The quantitative estimate of drug-likeness (QED) is 0.414. The molecule has 0 saturated carbocycles. The van der Waals surface area contributed by atoms with Gasteiger partial charge in [-0.3, -0.25) is 4.79 Å². The summed E-state index contributed by atoms with van der Waals surface area (Å²) in [6.45, 7) is 2.25. The Bertz CT molecular complexity index is 876. The van der Waals surface area contributed by atoms with E-state index >= 15 is 0 Å². The smallest absolute Gasteiger partial charge is 0.195 e. The molecule has 0 aliphatic heterocycles. The van der Waals surface area contributed by atoms with E-state index in [1.54, 1.807) is 24.3 Å². The number of para-hydroxylation sites is 1. The van der Waals surface area contributed by atoms with E-state index in [1.165, 1.54) is 17.4 Å². The molecular weight excluding hydrogens is 344 g/mol. The average molecular weight is 359 g/mol. The maximum absolute atomic E-state index is 12.0. The van der Waals surface area contributed by atoms with Crippen LogP contribution in [-0.2, 0) is 6.61 Å². The first-order valence-electron chi connectivity index (χ1n) is 7.37. The molecule has 0 aliphatic carbocycles. The predicted molar refractivity (Wildman–Crippen MR) is 96.9 cm³/mol. The van der Waals surface area contributed by atoms with Gasteiger partial charge in [0, 0.05) is 4.88 Å². The van der Waals surface area contributed by atoms with Crippen LogP contribution < -0.4 is 4.74 Å². The van der Waals surface area contributed by atoms with E-state index in [9.17, 15) is 4.79 Å². The van der Waals surface area contributed by atoms with Gasteiger partial charge in [-0.25, -0.2) is 0 Å². The van der Waals surface area contributed by atoms with Crippen molar-refractivity contribution in [1.82, 2.24) is 0 Å². The zero-order valence-corrected chi connectivity index (χ0v) is 14.6. The van der Waals surface area contributed by atoms with Crippen LogP contribution in [0.1, 0.15) is 26.1 Å². The molecule has 0 spiro atoms. The third kappa shape index (κ3) is 4.16. The van der Waals surface area contributed by atoms with Crippen LogP contribution in [0.15, 0.2) is 59.0 Å². The lowest BCUT2D eigenvalue weighted by atomic mass is 10.3. The number of hydrogen-bond donors (Lipinski definition) is 0. The highest BCUT2D eigenvalue weighted by atomic mass is 35.5. The molecule has 1 aromatic carbocycles. The van der Waals surface area contributed by atoms with Crippen molar-refractivity contribution in [2.45, 2.75) is 13.5 Å². The van der Waals surface area contributed by atoms with Gasteiger partial charge in [0.25, 0.3) is 0 Å². The van der Waals surface area contributed by atoms with Gasteiger partial charge < -0.3 is 9.15 Å². The first-order valence-corrected chi connectivity index (χ1v) is 8.56. The summed E-state index contributed by atoms with van der Waals surface area (Å²) < 4.78 is 11.3. The third-order valence-corrected chi connectivity index (χ3v) is 4.60. The highest BCUT2D eigenvalue weighted by Crippen LogP contribution is 2.24. The molecule has 0 amide bonds. The number of halogens is 1. The number of furan rings is 1. The number of thiophene rings is 1. The lowest BCUT2D eigenvalue weighted by molar-refractivity contribution is 0.105. The number of ketones is 1. The highest BCUT2D eigenvalue weighted by molar-refractivity contribution is 7.14. The zero-order chi connectivity index (χ0) is 16.9. The standard InChI is InChI=1S/C19H15ClO3S/c1-13-6-11-19(24-13)17(21)10-9-14-7-8-15(23-14)12-22-18-5-3-2-4-16(18)20/h2-11H,12H2,1H3/b10-9+. The van der Waals surface area contributed by atoms with Crippen molar-refractivity contribution in [3.63, 3.8) is 0 Å². The second-order valence-electron chi connectivity index (χ2n) is 5.13. The molecule has 3 nitrogen and oxygen atoms in total. The molecule has 5 heteroatoms. The minimum Gasteiger partial charge on any atom is -0.484 e. The van der Waals surface area contributed by atoms with E-state index in [0.717, 1.165) is 9.75 Å². The van der Waals surface area contributed by atoms with Crippen molar-refractivity contribution in [3.8, 4) is 5.75 Å². The molecule has 0 fully saturated rings. The topological polar surface area (TPSA) is 39.4 Å². The van der Waals surface area contributed by atoms with Gasteiger partial charge in [-0.15, -0.1) is 11.3 Å². The summed E-state index contributed by atoms with van der Waals surface area (Å²) in [7, 11) is 0. The average Bonchev–Trinajstić information content (AvgIpc) is 3.21. The normalized spacial score (nSPS) is 11.1. The summed E-state index contributed by atoms with van der Waals surface area (Å²) in [6.07, 6.45) is 3.18. The molecule has 0 N–H and O–H groups in total. The Morgan fingerprint density at radius 3 is 2.79 bits per heavy atom. The van der Waals surface area contributed by atoms with E-state index in [2.05, 4.69) is 0 Å². The summed E-state index contributed by atoms with van der Waals surface area (Å²) in [4.78, 5) is 13.9. The largest absolute Gasteiger partial charge is 0.484 e. The summed E-state index contributed by atoms with van der Waals surface area (Å²) >= 11 is 7.52. The Balaban J connectivity index is 1.60. The van der Waals surface area contributed by atoms with E-state index in [0.29, 0.717) is 22.3 Å². The van der Waals surface area contributed by atoms with Crippen molar-refractivity contribution in [1.29, 1.82) is 0 Å². The fraction of sp³-hybridized carbons (Fsp3) is 0.105. The Kier molecular flexibility index (Phi) is 5.18. The fourth-order valence-corrected chi connectivity index (χ4v) is 3.06. The van der Waals surface area contributed by atoms with Gasteiger partial charge >= 0.3 is 0 Å². The molecule has 3 aromatic rings. The molecule has 0 aliphatic rings. The van der Waals surface area contributed by atoms with E-state index in [-0.39, 0.29) is 12.4 Å². The molecule has 0 saturated heterocycles. The van der Waals surface area contributed by atoms with Gasteiger partial charge in [-0.05, 0) is 55.5 Å². The van der Waals surface area contributed by atoms with Crippen LogP contribution in [-0.4, -0.2) is 5.78 Å². The Hall–Kier alpha value is -2.30. The van der Waals surface area contributed by atoms with Crippen LogP contribution >= 0.6 is 22.9 Å². The summed E-state index contributed by atoms with van der Waals surface area (Å²) in [5, 5.41) is 0.556. The molecule has 24 heavy (non-hydrogen) atoms. The Morgan fingerprint density at radius 1 is 1.21 bits per heavy atom. The lowest BCUT2D eigenvalue weighted by Crippen LogP contribution is -1.93. The fourth-order valence-electron chi connectivity index (χ4n) is 2.08. The number of benzene rings is 1. The van der Waals surface area contributed by atoms with Crippen LogP contribution in [0.4, 0.5) is 0 Å². The van der Waals surface area contributed by atoms with Crippen LogP contribution in [0.2, 0.25) is 5.02 Å². The van der Waals surface area contributed by atoms with Crippen LogP contribution in [0.5, 0.6) is 5.75 Å². The first kappa shape index (κ1) is 16.6. The highest BCUT2D eigenvalue weighted by Gasteiger charge is 2.06. The van der Waals surface area contributed by atoms with Crippen molar-refractivity contribution in [3.05, 3.63) is 80.9 Å². The van der Waals surface area contributed by atoms with Gasteiger partial charge in [0.2, 0.25) is 0 Å². The van der Waals surface area contributed by atoms with Crippen molar-refractivity contribution in [2.24, 2.45) is 0 Å². The molecule has 122 valence electrons. The second kappa shape index (κ2) is 7.51. The number of allylic oxidation sites excluding steroid dienone is 1. The number of carbonyl (C=O) groups excluding carboxylic acids is 1. The molecular formula is C19H15ClO3S. The number of carbonyl (C=O) groups is 1. The van der Waals surface area contributed by atoms with Crippen LogP contribution in [0, 0.1) is 6.92 Å². The molecule has 2 heterocycles. The molecule has 0 bridgehead atoms. The number of hydrogen-bond acceptors (Lipinski definition) is 4. The minimum absolute atomic E-state index is 0.0293. The minimum atomic E-state index is -0.0293. The summed E-state index contributed by atoms with van der Waals surface area (Å²) in [6, 6.07) is 14.6. The molecule has 3 rings (SSSR count). The van der Waals surface area contributed by atoms with Crippen LogP contribution in [0.25, 0.3) is 6.08 Å². The number of ether oxygens (including phenoxy) is 1. The second-order valence-corrected chi connectivity index (χ2v) is 6.83. The predicted octanol–water partition coefficient (Wildman–Crippen LogP) is 5.78. The monoisotopic (exact) mass is 358 g/mol. The number of aryl methyl sites for hydroxylation is 1. The summed E-state index contributed by atoms with van der Waals surface area (Å²) in [5.74, 6) is 1.85. The Morgan fingerprint density at radius 2 is 2.04 bits per heavy atom. The molecule has 0 unspecified atom stereocenters.